The van der Waals surface area contributed by atoms with Crippen LogP contribution < -0.4 is 5.32 Å². The van der Waals surface area contributed by atoms with Gasteiger partial charge in [0.25, 0.3) is 0 Å². The number of carbonyl (C=O) groups is 2. The van der Waals surface area contributed by atoms with Gasteiger partial charge in [0.1, 0.15) is 18.4 Å². The number of hydrogen-bond donors (Lipinski definition) is 2. The molecule has 0 fully saturated rings. The Labute approximate surface area is 166 Å². The first-order valence-electron chi connectivity index (χ1n) is 9.22. The maximum Gasteiger partial charge on any atom is 0.328 e. The molecule has 7 heteroatoms. The van der Waals surface area contributed by atoms with Crippen molar-refractivity contribution in [3.8, 4) is 0 Å². The van der Waals surface area contributed by atoms with Crippen LogP contribution in [0.3, 0.4) is 0 Å². The lowest BCUT2D eigenvalue weighted by Gasteiger charge is -2.17. The first kappa shape index (κ1) is 18.7. The largest absolute Gasteiger partial charge is 0.467 e. The van der Waals surface area contributed by atoms with Crippen molar-refractivity contribution in [3.05, 3.63) is 72.3 Å². The highest BCUT2D eigenvalue weighted by molar-refractivity contribution is 5.88. The smallest absolute Gasteiger partial charge is 0.328 e. The number of ether oxygens (including phenoxy) is 1. The molecule has 0 saturated heterocycles. The molecule has 0 aliphatic carbocycles. The summed E-state index contributed by atoms with van der Waals surface area (Å²) in [6, 6.07) is 13.1. The van der Waals surface area contributed by atoms with Crippen LogP contribution in [-0.4, -0.2) is 34.6 Å². The van der Waals surface area contributed by atoms with Crippen LogP contribution in [0.5, 0.6) is 0 Å². The van der Waals surface area contributed by atoms with E-state index in [1.807, 2.05) is 36.5 Å². The van der Waals surface area contributed by atoms with Gasteiger partial charge < -0.3 is 19.6 Å². The second-order valence-corrected chi connectivity index (χ2v) is 6.85. The number of fused-ring (bicyclic) bond motifs is 2. The summed E-state index contributed by atoms with van der Waals surface area (Å²) in [5.74, 6) is -1.25. The number of hydrogen-bond acceptors (Lipinski definition) is 3. The molecule has 0 radical (unpaired) electrons. The van der Waals surface area contributed by atoms with E-state index in [0.717, 1.165) is 21.9 Å². The number of carbonyl (C=O) groups excluding carboxylic acids is 2. The highest BCUT2D eigenvalue weighted by atomic mass is 19.1. The number of methoxy groups -OCH3 is 1. The van der Waals surface area contributed by atoms with Crippen molar-refractivity contribution in [3.63, 3.8) is 0 Å². The summed E-state index contributed by atoms with van der Waals surface area (Å²) in [5, 5.41) is 4.57. The fraction of sp³-hybridized carbons (Fsp3) is 0.182. The summed E-state index contributed by atoms with van der Waals surface area (Å²) in [5.41, 5.74) is 2.48. The van der Waals surface area contributed by atoms with Gasteiger partial charge in [-0.2, -0.15) is 0 Å². The zero-order valence-corrected chi connectivity index (χ0v) is 15.8. The number of H-pyrrole nitrogens is 1. The van der Waals surface area contributed by atoms with E-state index in [9.17, 15) is 14.0 Å². The molecule has 0 saturated carbocycles. The van der Waals surface area contributed by atoms with Crippen LogP contribution in [0.1, 0.15) is 5.56 Å². The van der Waals surface area contributed by atoms with E-state index in [-0.39, 0.29) is 18.3 Å². The lowest BCUT2D eigenvalue weighted by atomic mass is 10.0. The second-order valence-electron chi connectivity index (χ2n) is 6.85. The number of halogens is 1. The molecule has 4 aromatic rings. The molecule has 0 aliphatic heterocycles. The minimum atomic E-state index is -0.828. The number of aromatic amines is 1. The molecular formula is C22H20FN3O3. The minimum Gasteiger partial charge on any atom is -0.467 e. The Kier molecular flexibility index (Phi) is 5.03. The van der Waals surface area contributed by atoms with Crippen molar-refractivity contribution in [2.75, 3.05) is 7.11 Å². The fourth-order valence-electron chi connectivity index (χ4n) is 3.55. The Balaban J connectivity index is 1.52. The molecule has 2 aromatic carbocycles. The Hall–Kier alpha value is -3.61. The third kappa shape index (κ3) is 3.85. The molecule has 2 aromatic heterocycles. The van der Waals surface area contributed by atoms with Crippen molar-refractivity contribution < 1.29 is 18.7 Å². The third-order valence-corrected chi connectivity index (χ3v) is 4.97. The van der Waals surface area contributed by atoms with Crippen LogP contribution in [0.2, 0.25) is 0 Å². The predicted molar refractivity (Wildman–Crippen MR) is 108 cm³/mol. The van der Waals surface area contributed by atoms with Gasteiger partial charge in [-0.05, 0) is 41.3 Å². The Morgan fingerprint density at radius 3 is 2.86 bits per heavy atom. The number of nitrogens with zero attached hydrogens (tertiary/aromatic N) is 1. The summed E-state index contributed by atoms with van der Waals surface area (Å²) in [6.45, 7) is -0.0334. The van der Waals surface area contributed by atoms with Gasteiger partial charge in [0.2, 0.25) is 5.91 Å². The van der Waals surface area contributed by atoms with Gasteiger partial charge in [-0.1, -0.05) is 18.2 Å². The van der Waals surface area contributed by atoms with E-state index in [2.05, 4.69) is 10.3 Å². The van der Waals surface area contributed by atoms with Gasteiger partial charge in [0.15, 0.2) is 0 Å². The van der Waals surface area contributed by atoms with Gasteiger partial charge in [0.05, 0.1) is 12.6 Å². The van der Waals surface area contributed by atoms with E-state index >= 15 is 0 Å². The molecule has 6 nitrogen and oxygen atoms in total. The van der Waals surface area contributed by atoms with Crippen molar-refractivity contribution in [1.82, 2.24) is 14.9 Å². The number of rotatable bonds is 6. The average molecular weight is 393 g/mol. The van der Waals surface area contributed by atoms with Gasteiger partial charge in [0, 0.05) is 29.7 Å². The number of aromatic nitrogens is 2. The van der Waals surface area contributed by atoms with E-state index in [4.69, 9.17) is 4.74 Å². The molecule has 2 heterocycles. The molecular weight excluding hydrogens is 373 g/mol. The van der Waals surface area contributed by atoms with Crippen molar-refractivity contribution in [2.24, 2.45) is 0 Å². The normalized spacial score (nSPS) is 12.2. The molecule has 1 amide bonds. The van der Waals surface area contributed by atoms with Gasteiger partial charge in [-0.25, -0.2) is 9.18 Å². The Bertz CT molecular complexity index is 1190. The Morgan fingerprint density at radius 1 is 1.21 bits per heavy atom. The number of benzene rings is 2. The maximum absolute atomic E-state index is 13.6. The van der Waals surface area contributed by atoms with Crippen LogP contribution in [-0.2, 0) is 27.3 Å². The summed E-state index contributed by atoms with van der Waals surface area (Å²) >= 11 is 0. The number of amides is 1. The summed E-state index contributed by atoms with van der Waals surface area (Å²) in [7, 11) is 1.29. The monoisotopic (exact) mass is 393 g/mol. The van der Waals surface area contributed by atoms with Gasteiger partial charge in [-0.3, -0.25) is 4.79 Å². The zero-order chi connectivity index (χ0) is 20.4. The lowest BCUT2D eigenvalue weighted by molar-refractivity contribution is -0.145. The Morgan fingerprint density at radius 2 is 2.03 bits per heavy atom. The SMILES string of the molecule is COC(=O)C(Cc1c[nH]c2ccccc12)NC(=O)Cn1ccc2ccc(F)cc21. The molecule has 0 aliphatic rings. The molecule has 0 bridgehead atoms. The molecule has 1 unspecified atom stereocenters. The predicted octanol–water partition coefficient (Wildman–Crippen LogP) is 3.16. The van der Waals surface area contributed by atoms with Crippen LogP contribution in [0.15, 0.2) is 60.9 Å². The van der Waals surface area contributed by atoms with E-state index in [1.165, 1.54) is 19.2 Å². The standard InChI is InChI=1S/C22H20FN3O3/c1-29-22(28)19(10-15-12-24-18-5-3-2-4-17(15)18)25-21(27)13-26-9-8-14-6-7-16(23)11-20(14)26/h2-9,11-12,19,24H,10,13H2,1H3,(H,25,27). The summed E-state index contributed by atoms with van der Waals surface area (Å²) in [4.78, 5) is 28.0. The van der Waals surface area contributed by atoms with E-state index in [1.54, 1.807) is 16.8 Å². The van der Waals surface area contributed by atoms with E-state index in [0.29, 0.717) is 11.9 Å². The van der Waals surface area contributed by atoms with Crippen LogP contribution in [0.25, 0.3) is 21.8 Å². The molecule has 29 heavy (non-hydrogen) atoms. The van der Waals surface area contributed by atoms with Crippen LogP contribution in [0, 0.1) is 5.82 Å². The van der Waals surface area contributed by atoms with Gasteiger partial charge in [-0.15, -0.1) is 0 Å². The highest BCUT2D eigenvalue weighted by Gasteiger charge is 2.23. The van der Waals surface area contributed by atoms with Crippen molar-refractivity contribution >= 4 is 33.7 Å². The van der Waals surface area contributed by atoms with Crippen LogP contribution >= 0.6 is 0 Å². The van der Waals surface area contributed by atoms with Crippen molar-refractivity contribution in [2.45, 2.75) is 19.0 Å². The number of para-hydroxylation sites is 1. The summed E-state index contributed by atoms with van der Waals surface area (Å²) < 4.78 is 20.1. The highest BCUT2D eigenvalue weighted by Crippen LogP contribution is 2.20. The lowest BCUT2D eigenvalue weighted by Crippen LogP contribution is -2.44. The molecule has 1 atom stereocenters. The number of esters is 1. The second kappa shape index (κ2) is 7.79. The van der Waals surface area contributed by atoms with Gasteiger partial charge >= 0.3 is 5.97 Å². The zero-order valence-electron chi connectivity index (χ0n) is 15.8. The third-order valence-electron chi connectivity index (χ3n) is 4.97. The topological polar surface area (TPSA) is 76.1 Å². The molecule has 4 rings (SSSR count). The van der Waals surface area contributed by atoms with Crippen LogP contribution in [0.4, 0.5) is 4.39 Å². The number of nitrogens with one attached hydrogen (secondary N) is 2. The molecule has 148 valence electrons. The average Bonchev–Trinajstić information content (AvgIpc) is 3.31. The van der Waals surface area contributed by atoms with Crippen molar-refractivity contribution in [1.29, 1.82) is 0 Å². The fourth-order valence-corrected chi connectivity index (χ4v) is 3.55. The minimum absolute atomic E-state index is 0.0334. The van der Waals surface area contributed by atoms with E-state index < -0.39 is 12.0 Å². The first-order valence-corrected chi connectivity index (χ1v) is 9.22. The molecule has 0 spiro atoms. The molecule has 2 N–H and O–H groups in total. The first-order chi connectivity index (χ1) is 14.0. The maximum atomic E-state index is 13.6. The quantitative estimate of drug-likeness (QED) is 0.494. The summed E-state index contributed by atoms with van der Waals surface area (Å²) in [6.07, 6.45) is 3.84.